The van der Waals surface area contributed by atoms with Crippen LogP contribution in [0.5, 0.6) is 0 Å². The van der Waals surface area contributed by atoms with Crippen molar-refractivity contribution in [2.75, 3.05) is 0 Å². The van der Waals surface area contributed by atoms with Crippen molar-refractivity contribution < 1.29 is 0 Å². The van der Waals surface area contributed by atoms with Crippen molar-refractivity contribution in [1.29, 1.82) is 0 Å². The molecule has 0 bridgehead atoms. The molecule has 3 heterocycles. The first-order valence-corrected chi connectivity index (χ1v) is 6.90. The topological polar surface area (TPSA) is 60.9 Å². The summed E-state index contributed by atoms with van der Waals surface area (Å²) >= 11 is 1.52. The van der Waals surface area contributed by atoms with Crippen LogP contribution in [0.1, 0.15) is 29.0 Å². The van der Waals surface area contributed by atoms with Gasteiger partial charge in [-0.25, -0.2) is 0 Å². The van der Waals surface area contributed by atoms with Crippen LogP contribution in [0.3, 0.4) is 0 Å². The molecule has 0 aliphatic heterocycles. The molecule has 0 fully saturated rings. The monoisotopic (exact) mass is 274 g/mol. The highest BCUT2D eigenvalue weighted by Crippen LogP contribution is 2.17. The SMILES string of the molecule is CCn1cc(C=Cc2nn3c(C)nnc3s2)c(C)n1. The van der Waals surface area contributed by atoms with E-state index in [1.165, 1.54) is 11.3 Å². The Bertz CT molecular complexity index is 748. The lowest BCUT2D eigenvalue weighted by molar-refractivity contribution is 0.653. The Morgan fingerprint density at radius 3 is 2.74 bits per heavy atom. The van der Waals surface area contributed by atoms with Gasteiger partial charge in [0, 0.05) is 18.3 Å². The zero-order chi connectivity index (χ0) is 13.4. The van der Waals surface area contributed by atoms with Gasteiger partial charge in [-0.3, -0.25) is 4.68 Å². The first-order valence-electron chi connectivity index (χ1n) is 6.08. The molecule has 0 aliphatic carbocycles. The summed E-state index contributed by atoms with van der Waals surface area (Å²) in [5.74, 6) is 0.806. The minimum Gasteiger partial charge on any atom is -0.272 e. The third-order valence-corrected chi connectivity index (χ3v) is 3.74. The fraction of sp³-hybridized carbons (Fsp3) is 0.333. The van der Waals surface area contributed by atoms with Crippen molar-refractivity contribution in [3.05, 3.63) is 28.3 Å². The Labute approximate surface area is 114 Å². The molecule has 0 atom stereocenters. The predicted octanol–water partition coefficient (Wildman–Crippen LogP) is 2.19. The Balaban J connectivity index is 1.90. The molecule has 0 N–H and O–H groups in total. The van der Waals surface area contributed by atoms with Gasteiger partial charge in [0.25, 0.3) is 0 Å². The summed E-state index contributed by atoms with van der Waals surface area (Å²) in [6.07, 6.45) is 6.07. The van der Waals surface area contributed by atoms with Gasteiger partial charge >= 0.3 is 0 Å². The highest BCUT2D eigenvalue weighted by Gasteiger charge is 2.06. The second-order valence-corrected chi connectivity index (χ2v) is 5.23. The molecule has 0 radical (unpaired) electrons. The maximum atomic E-state index is 4.44. The van der Waals surface area contributed by atoms with Gasteiger partial charge in [-0.2, -0.15) is 14.7 Å². The van der Waals surface area contributed by atoms with Crippen molar-refractivity contribution in [2.24, 2.45) is 0 Å². The molecule has 0 amide bonds. The van der Waals surface area contributed by atoms with E-state index in [9.17, 15) is 0 Å². The number of hydrogen-bond donors (Lipinski definition) is 0. The van der Waals surface area contributed by atoms with E-state index >= 15 is 0 Å². The molecule has 6 nitrogen and oxygen atoms in total. The Morgan fingerprint density at radius 2 is 2.05 bits per heavy atom. The second-order valence-electron chi connectivity index (χ2n) is 4.24. The van der Waals surface area contributed by atoms with Gasteiger partial charge in [-0.1, -0.05) is 11.3 Å². The zero-order valence-electron chi connectivity index (χ0n) is 11.0. The van der Waals surface area contributed by atoms with Crippen LogP contribution < -0.4 is 0 Å². The summed E-state index contributed by atoms with van der Waals surface area (Å²) in [7, 11) is 0. The first kappa shape index (κ1) is 12.0. The minimum absolute atomic E-state index is 0.806. The fourth-order valence-electron chi connectivity index (χ4n) is 1.82. The summed E-state index contributed by atoms with van der Waals surface area (Å²) in [4.78, 5) is 0.818. The lowest BCUT2D eigenvalue weighted by Gasteiger charge is -1.89. The van der Waals surface area contributed by atoms with E-state index in [4.69, 9.17) is 0 Å². The number of hydrogen-bond acceptors (Lipinski definition) is 5. The van der Waals surface area contributed by atoms with E-state index in [0.717, 1.165) is 33.6 Å². The molecule has 0 aliphatic rings. The molecule has 0 saturated carbocycles. The normalized spacial score (nSPS) is 11.9. The molecule has 0 aromatic carbocycles. The predicted molar refractivity (Wildman–Crippen MR) is 75.0 cm³/mol. The van der Waals surface area contributed by atoms with Crippen LogP contribution in [0.4, 0.5) is 0 Å². The van der Waals surface area contributed by atoms with E-state index in [-0.39, 0.29) is 0 Å². The summed E-state index contributed by atoms with van der Waals surface area (Å²) in [6.45, 7) is 6.85. The van der Waals surface area contributed by atoms with Crippen molar-refractivity contribution >= 4 is 28.4 Å². The molecule has 3 aromatic heterocycles. The number of aromatic nitrogens is 6. The highest BCUT2D eigenvalue weighted by molar-refractivity contribution is 7.17. The minimum atomic E-state index is 0.806. The van der Waals surface area contributed by atoms with Crippen LogP contribution in [-0.4, -0.2) is 29.6 Å². The molecular weight excluding hydrogens is 260 g/mol. The maximum absolute atomic E-state index is 4.44. The largest absolute Gasteiger partial charge is 0.272 e. The smallest absolute Gasteiger partial charge is 0.234 e. The van der Waals surface area contributed by atoms with Gasteiger partial charge < -0.3 is 0 Å². The van der Waals surface area contributed by atoms with E-state index < -0.39 is 0 Å². The lowest BCUT2D eigenvalue weighted by Crippen LogP contribution is -1.93. The van der Waals surface area contributed by atoms with Gasteiger partial charge in [0.2, 0.25) is 4.96 Å². The average Bonchev–Trinajstić information content (AvgIpc) is 3.04. The highest BCUT2D eigenvalue weighted by atomic mass is 32.1. The van der Waals surface area contributed by atoms with E-state index in [0.29, 0.717) is 0 Å². The summed E-state index contributed by atoms with van der Waals surface area (Å²) in [5.41, 5.74) is 2.14. The molecule has 3 aromatic rings. The van der Waals surface area contributed by atoms with Crippen LogP contribution in [-0.2, 0) is 6.54 Å². The van der Waals surface area contributed by atoms with Crippen molar-refractivity contribution in [2.45, 2.75) is 27.3 Å². The second kappa shape index (κ2) is 4.58. The van der Waals surface area contributed by atoms with Crippen LogP contribution in [0.15, 0.2) is 6.20 Å². The van der Waals surface area contributed by atoms with Crippen molar-refractivity contribution in [3.63, 3.8) is 0 Å². The average molecular weight is 274 g/mol. The lowest BCUT2D eigenvalue weighted by atomic mass is 10.2. The third kappa shape index (κ3) is 2.17. The molecule has 98 valence electrons. The van der Waals surface area contributed by atoms with Crippen LogP contribution in [0.25, 0.3) is 17.1 Å². The molecule has 0 unspecified atom stereocenters. The van der Waals surface area contributed by atoms with Gasteiger partial charge in [0.05, 0.1) is 5.69 Å². The van der Waals surface area contributed by atoms with Gasteiger partial charge in [-0.05, 0) is 32.9 Å². The molecular formula is C12H14N6S. The van der Waals surface area contributed by atoms with E-state index in [1.54, 1.807) is 4.52 Å². The maximum Gasteiger partial charge on any atom is 0.234 e. The van der Waals surface area contributed by atoms with Crippen LogP contribution in [0.2, 0.25) is 0 Å². The third-order valence-electron chi connectivity index (χ3n) is 2.88. The number of rotatable bonds is 3. The summed E-state index contributed by atoms with van der Waals surface area (Å²) in [5, 5.41) is 17.8. The molecule has 0 saturated heterocycles. The van der Waals surface area contributed by atoms with Crippen molar-refractivity contribution in [3.8, 4) is 0 Å². The van der Waals surface area contributed by atoms with E-state index in [2.05, 4.69) is 27.3 Å². The molecule has 19 heavy (non-hydrogen) atoms. The number of fused-ring (bicyclic) bond motifs is 1. The van der Waals surface area contributed by atoms with Crippen LogP contribution in [0, 0.1) is 13.8 Å². The first-order chi connectivity index (χ1) is 9.17. The zero-order valence-corrected chi connectivity index (χ0v) is 11.8. The summed E-state index contributed by atoms with van der Waals surface area (Å²) in [6, 6.07) is 0. The van der Waals surface area contributed by atoms with Gasteiger partial charge in [0.1, 0.15) is 5.01 Å². The van der Waals surface area contributed by atoms with Crippen molar-refractivity contribution in [1.82, 2.24) is 29.6 Å². The Hall–Kier alpha value is -2.02. The molecule has 0 spiro atoms. The van der Waals surface area contributed by atoms with Gasteiger partial charge in [-0.15, -0.1) is 10.2 Å². The quantitative estimate of drug-likeness (QED) is 0.734. The summed E-state index contributed by atoms with van der Waals surface area (Å²) < 4.78 is 3.68. The standard InChI is InChI=1S/C12H14N6S/c1-4-17-7-10(8(2)15-17)5-6-11-16-18-9(3)13-14-12(18)19-11/h5-7H,4H2,1-3H3. The number of aryl methyl sites for hydroxylation is 3. The Morgan fingerprint density at radius 1 is 1.21 bits per heavy atom. The van der Waals surface area contributed by atoms with Gasteiger partial charge in [0.15, 0.2) is 5.82 Å². The van der Waals surface area contributed by atoms with E-state index in [1.807, 2.05) is 36.9 Å². The number of nitrogens with zero attached hydrogens (tertiary/aromatic N) is 6. The van der Waals surface area contributed by atoms with Crippen LogP contribution >= 0.6 is 11.3 Å². The Kier molecular flexibility index (Phi) is 2.90. The fourth-order valence-corrected chi connectivity index (χ4v) is 2.60. The molecule has 7 heteroatoms. The molecule has 3 rings (SSSR count).